The van der Waals surface area contributed by atoms with Gasteiger partial charge in [0.05, 0.1) is 20.8 Å². The van der Waals surface area contributed by atoms with E-state index < -0.39 is 0 Å². The molecular formula is C14H21NO3. The second-order valence-corrected chi connectivity index (χ2v) is 4.80. The summed E-state index contributed by atoms with van der Waals surface area (Å²) in [6.45, 7) is 0.875. The van der Waals surface area contributed by atoms with Crippen molar-refractivity contribution in [3.8, 4) is 11.5 Å². The SMILES string of the molecule is COc1cccc(CNC2(CO)CCC2)c1OC. The molecule has 1 aromatic carbocycles. The summed E-state index contributed by atoms with van der Waals surface area (Å²) in [5, 5.41) is 12.9. The van der Waals surface area contributed by atoms with Crippen molar-refractivity contribution < 1.29 is 14.6 Å². The number of para-hydroxylation sites is 1. The highest BCUT2D eigenvalue weighted by molar-refractivity contribution is 5.46. The van der Waals surface area contributed by atoms with Gasteiger partial charge in [-0.25, -0.2) is 0 Å². The van der Waals surface area contributed by atoms with Crippen LogP contribution in [0.1, 0.15) is 24.8 Å². The molecule has 1 saturated carbocycles. The number of rotatable bonds is 6. The molecule has 4 heteroatoms. The van der Waals surface area contributed by atoms with Crippen LogP contribution in [0.25, 0.3) is 0 Å². The molecule has 0 radical (unpaired) electrons. The first-order valence-corrected chi connectivity index (χ1v) is 6.30. The van der Waals surface area contributed by atoms with E-state index in [1.165, 1.54) is 6.42 Å². The molecule has 0 bridgehead atoms. The van der Waals surface area contributed by atoms with Crippen LogP contribution in [-0.2, 0) is 6.54 Å². The number of aliphatic hydroxyl groups is 1. The number of ether oxygens (including phenoxy) is 2. The molecule has 1 aromatic rings. The first-order valence-electron chi connectivity index (χ1n) is 6.30. The molecule has 2 rings (SSSR count). The third kappa shape index (κ3) is 2.44. The van der Waals surface area contributed by atoms with Crippen molar-refractivity contribution >= 4 is 0 Å². The van der Waals surface area contributed by atoms with Crippen LogP contribution >= 0.6 is 0 Å². The first kappa shape index (κ1) is 13.2. The molecule has 0 atom stereocenters. The highest BCUT2D eigenvalue weighted by Gasteiger charge is 2.35. The Labute approximate surface area is 108 Å². The molecule has 0 aromatic heterocycles. The number of aliphatic hydroxyl groups excluding tert-OH is 1. The van der Waals surface area contributed by atoms with Crippen LogP contribution in [0.15, 0.2) is 18.2 Å². The number of hydrogen-bond acceptors (Lipinski definition) is 4. The van der Waals surface area contributed by atoms with Crippen LogP contribution in [0, 0.1) is 0 Å². The van der Waals surface area contributed by atoms with Crippen molar-refractivity contribution in [2.75, 3.05) is 20.8 Å². The smallest absolute Gasteiger partial charge is 0.165 e. The Balaban J connectivity index is 2.09. The van der Waals surface area contributed by atoms with Gasteiger partial charge in [0.2, 0.25) is 0 Å². The standard InChI is InChI=1S/C14H21NO3/c1-17-12-6-3-5-11(13(12)18-2)9-15-14(10-16)7-4-8-14/h3,5-6,15-16H,4,7-10H2,1-2H3. The predicted octanol–water partition coefficient (Wildman–Crippen LogP) is 1.71. The highest BCUT2D eigenvalue weighted by atomic mass is 16.5. The second kappa shape index (κ2) is 5.59. The quantitative estimate of drug-likeness (QED) is 0.808. The molecule has 18 heavy (non-hydrogen) atoms. The van der Waals surface area contributed by atoms with E-state index in [0.717, 1.165) is 29.9 Å². The lowest BCUT2D eigenvalue weighted by Gasteiger charge is -2.41. The maximum absolute atomic E-state index is 9.42. The summed E-state index contributed by atoms with van der Waals surface area (Å²) in [5.74, 6) is 1.50. The monoisotopic (exact) mass is 251 g/mol. The Morgan fingerprint density at radius 3 is 2.56 bits per heavy atom. The topological polar surface area (TPSA) is 50.7 Å². The van der Waals surface area contributed by atoms with Gasteiger partial charge in [0.1, 0.15) is 0 Å². The summed E-state index contributed by atoms with van der Waals surface area (Å²) in [6.07, 6.45) is 3.26. The molecule has 2 N–H and O–H groups in total. The van der Waals surface area contributed by atoms with Gasteiger partial charge in [-0.3, -0.25) is 0 Å². The van der Waals surface area contributed by atoms with Gasteiger partial charge in [-0.2, -0.15) is 0 Å². The number of methoxy groups -OCH3 is 2. The number of nitrogens with one attached hydrogen (secondary N) is 1. The van der Waals surface area contributed by atoms with Crippen LogP contribution in [0.2, 0.25) is 0 Å². The molecule has 1 aliphatic carbocycles. The summed E-state index contributed by atoms with van der Waals surface area (Å²) in [5.41, 5.74) is 0.963. The van der Waals surface area contributed by atoms with Crippen LogP contribution in [0.5, 0.6) is 11.5 Å². The largest absolute Gasteiger partial charge is 0.493 e. The summed E-state index contributed by atoms with van der Waals surface area (Å²) < 4.78 is 10.7. The summed E-state index contributed by atoms with van der Waals surface area (Å²) in [4.78, 5) is 0. The van der Waals surface area contributed by atoms with E-state index in [0.29, 0.717) is 6.54 Å². The minimum Gasteiger partial charge on any atom is -0.493 e. The molecule has 0 saturated heterocycles. The number of benzene rings is 1. The molecule has 0 aliphatic heterocycles. The Kier molecular flexibility index (Phi) is 4.09. The highest BCUT2D eigenvalue weighted by Crippen LogP contribution is 2.34. The van der Waals surface area contributed by atoms with E-state index in [-0.39, 0.29) is 12.1 Å². The van der Waals surface area contributed by atoms with Gasteiger partial charge in [-0.05, 0) is 25.3 Å². The molecule has 0 unspecified atom stereocenters. The van der Waals surface area contributed by atoms with Crippen molar-refractivity contribution in [1.29, 1.82) is 0 Å². The van der Waals surface area contributed by atoms with E-state index >= 15 is 0 Å². The fourth-order valence-electron chi connectivity index (χ4n) is 2.37. The maximum Gasteiger partial charge on any atom is 0.165 e. The normalized spacial score (nSPS) is 17.1. The van der Waals surface area contributed by atoms with E-state index in [2.05, 4.69) is 5.32 Å². The lowest BCUT2D eigenvalue weighted by Crippen LogP contribution is -2.53. The summed E-state index contributed by atoms with van der Waals surface area (Å²) in [6, 6.07) is 5.84. The van der Waals surface area contributed by atoms with Crippen molar-refractivity contribution in [3.63, 3.8) is 0 Å². The van der Waals surface area contributed by atoms with Gasteiger partial charge in [-0.1, -0.05) is 12.1 Å². The minimum absolute atomic E-state index is 0.0892. The lowest BCUT2D eigenvalue weighted by atomic mass is 9.77. The molecule has 0 heterocycles. The average molecular weight is 251 g/mol. The molecule has 0 amide bonds. The zero-order valence-electron chi connectivity index (χ0n) is 11.0. The Morgan fingerprint density at radius 1 is 1.28 bits per heavy atom. The van der Waals surface area contributed by atoms with Gasteiger partial charge in [-0.15, -0.1) is 0 Å². The zero-order valence-corrected chi connectivity index (χ0v) is 11.0. The van der Waals surface area contributed by atoms with Crippen molar-refractivity contribution in [3.05, 3.63) is 23.8 Å². The van der Waals surface area contributed by atoms with E-state index in [4.69, 9.17) is 9.47 Å². The summed E-state index contributed by atoms with van der Waals surface area (Å²) in [7, 11) is 3.28. The van der Waals surface area contributed by atoms with Gasteiger partial charge < -0.3 is 19.9 Å². The van der Waals surface area contributed by atoms with Crippen LogP contribution in [0.4, 0.5) is 0 Å². The van der Waals surface area contributed by atoms with E-state index in [1.54, 1.807) is 14.2 Å². The van der Waals surface area contributed by atoms with Crippen LogP contribution in [-0.4, -0.2) is 31.5 Å². The van der Waals surface area contributed by atoms with Gasteiger partial charge in [0.25, 0.3) is 0 Å². The van der Waals surface area contributed by atoms with Gasteiger partial charge in [0.15, 0.2) is 11.5 Å². The molecule has 4 nitrogen and oxygen atoms in total. The molecule has 100 valence electrons. The number of hydrogen-bond donors (Lipinski definition) is 2. The Bertz CT molecular complexity index is 397. The molecular weight excluding hydrogens is 230 g/mol. The lowest BCUT2D eigenvalue weighted by molar-refractivity contribution is 0.0869. The minimum atomic E-state index is -0.0892. The average Bonchev–Trinajstić information content (AvgIpc) is 2.37. The fraction of sp³-hybridized carbons (Fsp3) is 0.571. The molecule has 1 fully saturated rings. The Hall–Kier alpha value is -1.26. The fourth-order valence-corrected chi connectivity index (χ4v) is 2.37. The Morgan fingerprint density at radius 2 is 2.06 bits per heavy atom. The molecule has 0 spiro atoms. The van der Waals surface area contributed by atoms with Crippen LogP contribution in [0.3, 0.4) is 0 Å². The van der Waals surface area contributed by atoms with Crippen LogP contribution < -0.4 is 14.8 Å². The van der Waals surface area contributed by atoms with Crippen molar-refractivity contribution in [2.24, 2.45) is 0 Å². The first-order chi connectivity index (χ1) is 8.74. The third-order valence-electron chi connectivity index (χ3n) is 3.75. The molecule has 1 aliphatic rings. The van der Waals surface area contributed by atoms with Crippen molar-refractivity contribution in [2.45, 2.75) is 31.3 Å². The van der Waals surface area contributed by atoms with Crippen molar-refractivity contribution in [1.82, 2.24) is 5.32 Å². The second-order valence-electron chi connectivity index (χ2n) is 4.80. The maximum atomic E-state index is 9.42. The van der Waals surface area contributed by atoms with Gasteiger partial charge >= 0.3 is 0 Å². The van der Waals surface area contributed by atoms with E-state index in [9.17, 15) is 5.11 Å². The van der Waals surface area contributed by atoms with Gasteiger partial charge in [0, 0.05) is 17.6 Å². The zero-order chi connectivity index (χ0) is 13.0. The predicted molar refractivity (Wildman–Crippen MR) is 70.1 cm³/mol. The van der Waals surface area contributed by atoms with E-state index in [1.807, 2.05) is 18.2 Å². The third-order valence-corrected chi connectivity index (χ3v) is 3.75. The summed E-state index contributed by atoms with van der Waals surface area (Å²) >= 11 is 0.